The fourth-order valence-corrected chi connectivity index (χ4v) is 4.54. The molecule has 1 fully saturated rings. The fourth-order valence-electron chi connectivity index (χ4n) is 4.14. The molecule has 1 aliphatic rings. The van der Waals surface area contributed by atoms with E-state index in [9.17, 15) is 25.7 Å². The molecule has 160 valence electrons. The molecule has 2 heterocycles. The highest BCUT2D eigenvalue weighted by atomic mass is 32.1. The number of nitriles is 1. The lowest BCUT2D eigenvalue weighted by Gasteiger charge is -2.41. The van der Waals surface area contributed by atoms with Crippen LogP contribution in [0.4, 0.5) is 0 Å². The van der Waals surface area contributed by atoms with Crippen LogP contribution < -0.4 is 0 Å². The van der Waals surface area contributed by atoms with Crippen molar-refractivity contribution in [3.63, 3.8) is 0 Å². The van der Waals surface area contributed by atoms with Gasteiger partial charge in [-0.05, 0) is 29.3 Å². The average molecular weight is 439 g/mol. The van der Waals surface area contributed by atoms with Gasteiger partial charge < -0.3 is 29.7 Å². The molecule has 4 N–H and O–H groups in total. The number of nitrogens with zero attached hydrogens (tertiary/aromatic N) is 2. The zero-order valence-electron chi connectivity index (χ0n) is 16.7. The number of pyridine rings is 1. The molecule has 31 heavy (non-hydrogen) atoms. The molecule has 5 atom stereocenters. The highest BCUT2D eigenvalue weighted by molar-refractivity contribution is 7.71. The number of ether oxygens (including phenoxy) is 1. The average Bonchev–Trinajstić information content (AvgIpc) is 2.78. The molecule has 0 saturated carbocycles. The quantitative estimate of drug-likeness (QED) is 0.463. The van der Waals surface area contributed by atoms with Gasteiger partial charge in [-0.1, -0.05) is 54.7 Å². The summed E-state index contributed by atoms with van der Waals surface area (Å²) in [4.78, 5) is 0. The second kappa shape index (κ2) is 8.48. The van der Waals surface area contributed by atoms with Crippen LogP contribution in [-0.4, -0.2) is 56.0 Å². The minimum Gasteiger partial charge on any atom is -0.394 e. The smallest absolute Gasteiger partial charge is 0.164 e. The number of aromatic nitrogens is 1. The number of hydrogen-bond donors (Lipinski definition) is 4. The Morgan fingerprint density at radius 2 is 1.74 bits per heavy atom. The van der Waals surface area contributed by atoms with Crippen molar-refractivity contribution in [2.75, 3.05) is 6.61 Å². The standard InChI is InChI=1S/C23H22N2O5S/c1-12-9-16(15-8-4-6-13-5-2-3-7-14(13)15)17(10-24)23(31)25(12)22-21(29)20(28)19(27)18(11-26)30-22/h2-9,18-22,26-29H,11H2,1H3/t18-,19-,20+,21-,22-/m1/s1. The molecule has 1 aliphatic heterocycles. The van der Waals surface area contributed by atoms with E-state index >= 15 is 0 Å². The van der Waals surface area contributed by atoms with Gasteiger partial charge in [-0.2, -0.15) is 5.26 Å². The second-order valence-electron chi connectivity index (χ2n) is 7.61. The van der Waals surface area contributed by atoms with Crippen molar-refractivity contribution in [3.05, 3.63) is 64.4 Å². The number of aryl methyl sites for hydroxylation is 1. The van der Waals surface area contributed by atoms with Crippen molar-refractivity contribution >= 4 is 23.0 Å². The summed E-state index contributed by atoms with van der Waals surface area (Å²) in [5, 5.41) is 52.2. The van der Waals surface area contributed by atoms with E-state index in [2.05, 4.69) is 6.07 Å². The van der Waals surface area contributed by atoms with Crippen molar-refractivity contribution in [2.24, 2.45) is 0 Å². The molecule has 1 aromatic heterocycles. The minimum atomic E-state index is -1.54. The van der Waals surface area contributed by atoms with Crippen molar-refractivity contribution in [1.82, 2.24) is 4.57 Å². The van der Waals surface area contributed by atoms with Crippen LogP contribution in [0.1, 0.15) is 17.5 Å². The van der Waals surface area contributed by atoms with Gasteiger partial charge in [0.25, 0.3) is 0 Å². The Kier molecular flexibility index (Phi) is 5.90. The largest absolute Gasteiger partial charge is 0.394 e. The SMILES string of the molecule is Cc1cc(-c2cccc3ccccc23)c(C#N)c(=S)n1[C@@H]1O[C@H](CO)[C@@H](O)[C@H](O)[C@H]1O. The van der Waals surface area contributed by atoms with Crippen molar-refractivity contribution < 1.29 is 25.2 Å². The summed E-state index contributed by atoms with van der Waals surface area (Å²) >= 11 is 5.61. The molecule has 7 nitrogen and oxygen atoms in total. The van der Waals surface area contributed by atoms with Crippen LogP contribution in [0.25, 0.3) is 21.9 Å². The van der Waals surface area contributed by atoms with Gasteiger partial charge in [0.15, 0.2) is 6.23 Å². The second-order valence-corrected chi connectivity index (χ2v) is 7.99. The minimum absolute atomic E-state index is 0.134. The Labute approximate surface area is 184 Å². The molecule has 4 rings (SSSR count). The normalized spacial score (nSPS) is 26.0. The lowest BCUT2D eigenvalue weighted by molar-refractivity contribution is -0.252. The Morgan fingerprint density at radius 3 is 2.45 bits per heavy atom. The van der Waals surface area contributed by atoms with Crippen molar-refractivity contribution in [3.8, 4) is 17.2 Å². The third-order valence-corrected chi connectivity index (χ3v) is 6.15. The van der Waals surface area contributed by atoms with Gasteiger partial charge in [0.05, 0.1) is 12.2 Å². The lowest BCUT2D eigenvalue weighted by Crippen LogP contribution is -2.56. The van der Waals surface area contributed by atoms with E-state index in [1.807, 2.05) is 42.5 Å². The Hall–Kier alpha value is -2.64. The maximum atomic E-state index is 10.5. The van der Waals surface area contributed by atoms with Crippen LogP contribution in [0.3, 0.4) is 0 Å². The molecule has 1 saturated heterocycles. The lowest BCUT2D eigenvalue weighted by atomic mass is 9.94. The summed E-state index contributed by atoms with van der Waals surface area (Å²) in [6.45, 7) is 1.21. The van der Waals surface area contributed by atoms with Crippen LogP contribution in [0.15, 0.2) is 48.5 Å². The summed E-state index contributed by atoms with van der Waals surface area (Å²) in [7, 11) is 0. The highest BCUT2D eigenvalue weighted by Crippen LogP contribution is 2.35. The molecule has 8 heteroatoms. The first-order valence-electron chi connectivity index (χ1n) is 9.84. The van der Waals surface area contributed by atoms with Gasteiger partial charge in [-0.15, -0.1) is 0 Å². The maximum absolute atomic E-state index is 10.5. The van der Waals surface area contributed by atoms with E-state index in [-0.39, 0.29) is 10.2 Å². The molecule has 0 radical (unpaired) electrons. The van der Waals surface area contributed by atoms with Gasteiger partial charge in [0.1, 0.15) is 35.1 Å². The van der Waals surface area contributed by atoms with Gasteiger partial charge in [-0.25, -0.2) is 0 Å². The molecule has 0 spiro atoms. The molecule has 2 aromatic carbocycles. The summed E-state index contributed by atoms with van der Waals surface area (Å²) in [6, 6.07) is 17.6. The number of aliphatic hydroxyl groups is 4. The Morgan fingerprint density at radius 1 is 1.03 bits per heavy atom. The van der Waals surface area contributed by atoms with E-state index in [4.69, 9.17) is 17.0 Å². The fraction of sp³-hybridized carbons (Fsp3) is 0.304. The molecule has 0 aliphatic carbocycles. The molecular formula is C23H22N2O5S. The van der Waals surface area contributed by atoms with E-state index in [0.29, 0.717) is 11.3 Å². The van der Waals surface area contributed by atoms with E-state index in [1.54, 1.807) is 13.0 Å². The summed E-state index contributed by atoms with van der Waals surface area (Å²) in [5.74, 6) is 0. The zero-order chi connectivity index (χ0) is 22.3. The van der Waals surface area contributed by atoms with Crippen LogP contribution in [0.2, 0.25) is 0 Å². The van der Waals surface area contributed by atoms with E-state index in [0.717, 1.165) is 16.3 Å². The number of hydrogen-bond acceptors (Lipinski definition) is 7. The summed E-state index contributed by atoms with van der Waals surface area (Å²) in [5.41, 5.74) is 2.33. The van der Waals surface area contributed by atoms with Crippen LogP contribution in [-0.2, 0) is 4.74 Å². The number of fused-ring (bicyclic) bond motifs is 1. The van der Waals surface area contributed by atoms with Crippen LogP contribution in [0.5, 0.6) is 0 Å². The van der Waals surface area contributed by atoms with Gasteiger partial charge in [0.2, 0.25) is 0 Å². The third-order valence-electron chi connectivity index (χ3n) is 5.75. The summed E-state index contributed by atoms with van der Waals surface area (Å²) in [6.07, 6.45) is -6.76. The molecule has 0 unspecified atom stereocenters. The highest BCUT2D eigenvalue weighted by Gasteiger charge is 2.44. The number of aliphatic hydroxyl groups excluding tert-OH is 4. The predicted molar refractivity (Wildman–Crippen MR) is 117 cm³/mol. The maximum Gasteiger partial charge on any atom is 0.164 e. The molecule has 0 bridgehead atoms. The third kappa shape index (κ3) is 3.55. The topological polar surface area (TPSA) is 119 Å². The first-order chi connectivity index (χ1) is 14.9. The van der Waals surface area contributed by atoms with E-state index < -0.39 is 37.3 Å². The number of rotatable bonds is 3. The monoisotopic (exact) mass is 438 g/mol. The number of benzene rings is 2. The van der Waals surface area contributed by atoms with Gasteiger partial charge in [0, 0.05) is 11.3 Å². The van der Waals surface area contributed by atoms with Crippen molar-refractivity contribution in [2.45, 2.75) is 37.6 Å². The van der Waals surface area contributed by atoms with E-state index in [1.165, 1.54) is 4.57 Å². The zero-order valence-corrected chi connectivity index (χ0v) is 17.5. The Bertz CT molecular complexity index is 1230. The summed E-state index contributed by atoms with van der Waals surface area (Å²) < 4.78 is 7.25. The van der Waals surface area contributed by atoms with Crippen molar-refractivity contribution in [1.29, 1.82) is 5.26 Å². The van der Waals surface area contributed by atoms with Gasteiger partial charge in [-0.3, -0.25) is 0 Å². The molecular weight excluding hydrogens is 416 g/mol. The first-order valence-corrected chi connectivity index (χ1v) is 10.2. The van der Waals surface area contributed by atoms with Gasteiger partial charge >= 0.3 is 0 Å². The molecule has 3 aromatic rings. The first kappa shape index (κ1) is 21.6. The Balaban J connectivity index is 1.91. The molecule has 0 amide bonds. The van der Waals surface area contributed by atoms with Crippen LogP contribution in [0, 0.1) is 22.9 Å². The van der Waals surface area contributed by atoms with Crippen LogP contribution >= 0.6 is 12.2 Å². The predicted octanol–water partition coefficient (Wildman–Crippen LogP) is 2.19.